The molecule has 20 heavy (non-hydrogen) atoms. The van der Waals surface area contributed by atoms with Gasteiger partial charge >= 0.3 is 0 Å². The summed E-state index contributed by atoms with van der Waals surface area (Å²) in [5, 5.41) is 14.5. The minimum absolute atomic E-state index is 0.0712. The van der Waals surface area contributed by atoms with Gasteiger partial charge in [0, 0.05) is 18.4 Å². The van der Waals surface area contributed by atoms with Gasteiger partial charge in [-0.1, -0.05) is 25.5 Å². The third-order valence-electron chi connectivity index (χ3n) is 2.85. The lowest BCUT2D eigenvalue weighted by Gasteiger charge is -2.06. The van der Waals surface area contributed by atoms with Crippen molar-refractivity contribution in [1.29, 1.82) is 5.26 Å². The second kappa shape index (κ2) is 8.76. The van der Waals surface area contributed by atoms with Crippen molar-refractivity contribution in [3.05, 3.63) is 41.6 Å². The molecule has 0 aliphatic heterocycles. The second-order valence-electron chi connectivity index (χ2n) is 4.48. The van der Waals surface area contributed by atoms with Crippen LogP contribution in [0.15, 0.2) is 36.0 Å². The molecule has 0 saturated carbocycles. The third kappa shape index (κ3) is 5.15. The Labute approximate surface area is 120 Å². The van der Waals surface area contributed by atoms with Crippen molar-refractivity contribution in [1.82, 2.24) is 5.32 Å². The summed E-state index contributed by atoms with van der Waals surface area (Å²) in [5.41, 5.74) is 2.03. The van der Waals surface area contributed by atoms with E-state index in [9.17, 15) is 4.79 Å². The minimum atomic E-state index is -0.394. The van der Waals surface area contributed by atoms with E-state index in [0.29, 0.717) is 12.2 Å². The molecule has 0 heterocycles. The molecule has 0 saturated heterocycles. The Bertz CT molecular complexity index is 497. The molecule has 1 amide bonds. The Hall–Kier alpha value is -2.28. The maximum absolute atomic E-state index is 11.9. The largest absolute Gasteiger partial charge is 0.390 e. The molecule has 2 N–H and O–H groups in total. The van der Waals surface area contributed by atoms with E-state index in [1.807, 2.05) is 37.3 Å². The van der Waals surface area contributed by atoms with Gasteiger partial charge in [-0.05, 0) is 37.5 Å². The number of nitrogens with zero attached hydrogens (tertiary/aromatic N) is 1. The van der Waals surface area contributed by atoms with Crippen molar-refractivity contribution in [2.45, 2.75) is 33.1 Å². The molecular formula is C16H21N3O. The number of unbranched alkanes of at least 4 members (excludes halogenated alkanes) is 1. The van der Waals surface area contributed by atoms with Crippen LogP contribution in [0.4, 0.5) is 5.69 Å². The summed E-state index contributed by atoms with van der Waals surface area (Å²) in [5.74, 6) is -0.394. The molecule has 106 valence electrons. The molecule has 0 spiro atoms. The topological polar surface area (TPSA) is 64.9 Å². The minimum Gasteiger partial charge on any atom is -0.390 e. The zero-order chi connectivity index (χ0) is 14.8. The van der Waals surface area contributed by atoms with Crippen molar-refractivity contribution in [2.24, 2.45) is 0 Å². The fourth-order valence-electron chi connectivity index (χ4n) is 1.69. The zero-order valence-corrected chi connectivity index (χ0v) is 12.1. The Morgan fingerprint density at radius 3 is 2.55 bits per heavy atom. The van der Waals surface area contributed by atoms with E-state index in [2.05, 4.69) is 17.6 Å². The highest BCUT2D eigenvalue weighted by atomic mass is 16.1. The first-order valence-corrected chi connectivity index (χ1v) is 6.95. The summed E-state index contributed by atoms with van der Waals surface area (Å²) >= 11 is 0. The van der Waals surface area contributed by atoms with Crippen molar-refractivity contribution < 1.29 is 4.79 Å². The van der Waals surface area contributed by atoms with Crippen molar-refractivity contribution >= 4 is 11.6 Å². The van der Waals surface area contributed by atoms with E-state index in [1.54, 1.807) is 0 Å². The van der Waals surface area contributed by atoms with Crippen LogP contribution < -0.4 is 10.6 Å². The van der Waals surface area contributed by atoms with Gasteiger partial charge < -0.3 is 10.6 Å². The lowest BCUT2D eigenvalue weighted by Crippen LogP contribution is -2.16. The molecule has 0 radical (unpaired) electrons. The van der Waals surface area contributed by atoms with E-state index in [0.717, 1.165) is 12.8 Å². The van der Waals surface area contributed by atoms with Gasteiger partial charge in [-0.3, -0.25) is 4.79 Å². The van der Waals surface area contributed by atoms with Crippen molar-refractivity contribution in [3.8, 4) is 6.07 Å². The van der Waals surface area contributed by atoms with Crippen LogP contribution in [0.5, 0.6) is 0 Å². The van der Waals surface area contributed by atoms with Gasteiger partial charge in [0.25, 0.3) is 5.91 Å². The maximum Gasteiger partial charge on any atom is 0.267 e. The molecule has 0 aliphatic rings. The van der Waals surface area contributed by atoms with Gasteiger partial charge in [-0.25, -0.2) is 0 Å². The molecule has 0 bridgehead atoms. The monoisotopic (exact) mass is 271 g/mol. The van der Waals surface area contributed by atoms with Crippen molar-refractivity contribution in [2.75, 3.05) is 11.9 Å². The first kappa shape index (κ1) is 15.8. The summed E-state index contributed by atoms with van der Waals surface area (Å²) in [4.78, 5) is 11.9. The molecular weight excluding hydrogens is 250 g/mol. The SMILES string of the molecule is CCCCc1ccc(NC(=O)/C(C#N)=C\NCC)cc1. The first-order valence-electron chi connectivity index (χ1n) is 6.95. The molecule has 0 unspecified atom stereocenters. The van der Waals surface area contributed by atoms with Crippen LogP contribution in [0, 0.1) is 11.3 Å². The van der Waals surface area contributed by atoms with Gasteiger partial charge in [0.15, 0.2) is 0 Å². The van der Waals surface area contributed by atoms with Crippen LogP contribution in [0.1, 0.15) is 32.3 Å². The van der Waals surface area contributed by atoms with Gasteiger partial charge in [0.05, 0.1) is 0 Å². The average molecular weight is 271 g/mol. The highest BCUT2D eigenvalue weighted by Crippen LogP contribution is 2.12. The smallest absolute Gasteiger partial charge is 0.267 e. The van der Waals surface area contributed by atoms with E-state index in [1.165, 1.54) is 18.2 Å². The van der Waals surface area contributed by atoms with Crippen LogP contribution in [0.3, 0.4) is 0 Å². The number of hydrogen-bond acceptors (Lipinski definition) is 3. The number of aryl methyl sites for hydroxylation is 1. The first-order chi connectivity index (χ1) is 9.71. The summed E-state index contributed by atoms with van der Waals surface area (Å²) in [6.07, 6.45) is 4.81. The molecule has 1 aromatic rings. The molecule has 0 aliphatic carbocycles. The predicted molar refractivity (Wildman–Crippen MR) is 81.1 cm³/mol. The van der Waals surface area contributed by atoms with E-state index < -0.39 is 5.91 Å². The fourth-order valence-corrected chi connectivity index (χ4v) is 1.69. The Balaban J connectivity index is 2.64. The Morgan fingerprint density at radius 2 is 2.00 bits per heavy atom. The molecule has 4 heteroatoms. The number of hydrogen-bond donors (Lipinski definition) is 2. The van der Waals surface area contributed by atoms with E-state index in [4.69, 9.17) is 5.26 Å². The molecule has 0 aromatic heterocycles. The number of anilines is 1. The van der Waals surface area contributed by atoms with E-state index >= 15 is 0 Å². The highest BCUT2D eigenvalue weighted by molar-refractivity contribution is 6.06. The molecule has 1 aromatic carbocycles. The van der Waals surface area contributed by atoms with Crippen LogP contribution in [-0.4, -0.2) is 12.5 Å². The van der Waals surface area contributed by atoms with Gasteiger partial charge in [-0.15, -0.1) is 0 Å². The number of benzene rings is 1. The molecule has 4 nitrogen and oxygen atoms in total. The highest BCUT2D eigenvalue weighted by Gasteiger charge is 2.08. The summed E-state index contributed by atoms with van der Waals surface area (Å²) in [7, 11) is 0. The van der Waals surface area contributed by atoms with Gasteiger partial charge in [0.2, 0.25) is 0 Å². The average Bonchev–Trinajstić information content (AvgIpc) is 2.47. The standard InChI is InChI=1S/C16H21N3O/c1-3-5-6-13-7-9-15(10-8-13)19-16(20)14(11-17)12-18-4-2/h7-10,12,18H,3-6H2,1-2H3,(H,19,20)/b14-12-. The van der Waals surface area contributed by atoms with E-state index in [-0.39, 0.29) is 5.57 Å². The number of carbonyl (C=O) groups is 1. The Kier molecular flexibility index (Phi) is 6.91. The number of amides is 1. The third-order valence-corrected chi connectivity index (χ3v) is 2.85. The number of rotatable bonds is 7. The number of nitriles is 1. The lowest BCUT2D eigenvalue weighted by molar-refractivity contribution is -0.112. The normalized spacial score (nSPS) is 10.8. The molecule has 0 fully saturated rings. The lowest BCUT2D eigenvalue weighted by atomic mass is 10.1. The van der Waals surface area contributed by atoms with Gasteiger partial charge in [-0.2, -0.15) is 5.26 Å². The van der Waals surface area contributed by atoms with Crippen molar-refractivity contribution in [3.63, 3.8) is 0 Å². The molecule has 1 rings (SSSR count). The number of carbonyl (C=O) groups excluding carboxylic acids is 1. The zero-order valence-electron chi connectivity index (χ0n) is 12.1. The Morgan fingerprint density at radius 1 is 1.30 bits per heavy atom. The maximum atomic E-state index is 11.9. The summed E-state index contributed by atoms with van der Waals surface area (Å²) < 4.78 is 0. The van der Waals surface area contributed by atoms with Crippen LogP contribution in [0.2, 0.25) is 0 Å². The van der Waals surface area contributed by atoms with Crippen LogP contribution in [0.25, 0.3) is 0 Å². The van der Waals surface area contributed by atoms with Crippen LogP contribution >= 0.6 is 0 Å². The number of nitrogens with one attached hydrogen (secondary N) is 2. The quantitative estimate of drug-likeness (QED) is 0.592. The fraction of sp³-hybridized carbons (Fsp3) is 0.375. The summed E-state index contributed by atoms with van der Waals surface area (Å²) in [6.45, 7) is 4.73. The van der Waals surface area contributed by atoms with Crippen LogP contribution in [-0.2, 0) is 11.2 Å². The second-order valence-corrected chi connectivity index (χ2v) is 4.48. The summed E-state index contributed by atoms with van der Waals surface area (Å²) in [6, 6.07) is 9.63. The predicted octanol–water partition coefficient (Wildman–Crippen LogP) is 2.98. The van der Waals surface area contributed by atoms with Gasteiger partial charge in [0.1, 0.15) is 11.6 Å². The molecule has 0 atom stereocenters.